The van der Waals surface area contributed by atoms with Crippen LogP contribution in [0.5, 0.6) is 0 Å². The molecule has 0 atom stereocenters. The smallest absolute Gasteiger partial charge is 0.243 e. The molecule has 0 saturated carbocycles. The fraction of sp³-hybridized carbons (Fsp3) is 0.400. The number of sulfonamides is 1. The third-order valence-corrected chi connectivity index (χ3v) is 5.52. The molecule has 0 unspecified atom stereocenters. The lowest BCUT2D eigenvalue weighted by Crippen LogP contribution is -2.29. The van der Waals surface area contributed by atoms with Gasteiger partial charge in [-0.05, 0) is 56.2 Å². The summed E-state index contributed by atoms with van der Waals surface area (Å²) in [5.41, 5.74) is 1.73. The number of rotatable bonds is 5. The van der Waals surface area contributed by atoms with E-state index in [-0.39, 0.29) is 0 Å². The standard InChI is InChI=1S/C15H21N3O2S2/c1-12(2)11-16-15(21)17-13-5-7-14(8-6-13)22(19,20)18-9-3-4-10-18/h5-8H,1,3-4,9-11H2,2H3,(H2,16,17,21). The summed E-state index contributed by atoms with van der Waals surface area (Å²) in [6.07, 6.45) is 1.86. The number of thiocarbonyl (C=S) groups is 1. The molecule has 1 heterocycles. The summed E-state index contributed by atoms with van der Waals surface area (Å²) >= 11 is 5.16. The van der Waals surface area contributed by atoms with Crippen molar-refractivity contribution in [1.82, 2.24) is 9.62 Å². The van der Waals surface area contributed by atoms with Crippen LogP contribution in [0.15, 0.2) is 41.3 Å². The Hall–Kier alpha value is -1.44. The minimum Gasteiger partial charge on any atom is -0.359 e. The van der Waals surface area contributed by atoms with E-state index in [4.69, 9.17) is 12.2 Å². The van der Waals surface area contributed by atoms with Crippen molar-refractivity contribution < 1.29 is 8.42 Å². The molecule has 0 aliphatic carbocycles. The van der Waals surface area contributed by atoms with Gasteiger partial charge in [-0.1, -0.05) is 12.2 Å². The van der Waals surface area contributed by atoms with Crippen LogP contribution < -0.4 is 10.6 Å². The van der Waals surface area contributed by atoms with Crippen molar-refractivity contribution in [3.05, 3.63) is 36.4 Å². The van der Waals surface area contributed by atoms with E-state index in [1.165, 1.54) is 4.31 Å². The molecule has 1 aromatic carbocycles. The fourth-order valence-electron chi connectivity index (χ4n) is 2.19. The van der Waals surface area contributed by atoms with Crippen LogP contribution in [-0.4, -0.2) is 37.5 Å². The lowest BCUT2D eigenvalue weighted by Gasteiger charge is -2.16. The van der Waals surface area contributed by atoms with E-state index >= 15 is 0 Å². The number of hydrogen-bond donors (Lipinski definition) is 2. The number of nitrogens with one attached hydrogen (secondary N) is 2. The van der Waals surface area contributed by atoms with E-state index in [1.807, 2.05) is 6.92 Å². The van der Waals surface area contributed by atoms with Gasteiger partial charge in [0.1, 0.15) is 0 Å². The van der Waals surface area contributed by atoms with Gasteiger partial charge in [0.2, 0.25) is 10.0 Å². The number of anilines is 1. The highest BCUT2D eigenvalue weighted by Crippen LogP contribution is 2.22. The SMILES string of the molecule is C=C(C)CNC(=S)Nc1ccc(S(=O)(=O)N2CCCC2)cc1. The Bertz CT molecular complexity index is 648. The van der Waals surface area contributed by atoms with Crippen molar-refractivity contribution >= 4 is 33.0 Å². The first-order valence-electron chi connectivity index (χ1n) is 7.19. The molecule has 1 aliphatic heterocycles. The maximum absolute atomic E-state index is 12.4. The van der Waals surface area contributed by atoms with E-state index in [2.05, 4.69) is 17.2 Å². The topological polar surface area (TPSA) is 61.4 Å². The lowest BCUT2D eigenvalue weighted by atomic mass is 10.3. The molecular weight excluding hydrogens is 318 g/mol. The Labute approximate surface area is 137 Å². The predicted molar refractivity (Wildman–Crippen MR) is 93.5 cm³/mol. The third-order valence-electron chi connectivity index (χ3n) is 3.37. The van der Waals surface area contributed by atoms with E-state index in [0.29, 0.717) is 29.6 Å². The average molecular weight is 339 g/mol. The summed E-state index contributed by atoms with van der Waals surface area (Å²) < 4.78 is 26.3. The monoisotopic (exact) mass is 339 g/mol. The van der Waals surface area contributed by atoms with Crippen LogP contribution in [-0.2, 0) is 10.0 Å². The summed E-state index contributed by atoms with van der Waals surface area (Å²) in [6, 6.07) is 6.66. The second kappa shape index (κ2) is 7.21. The van der Waals surface area contributed by atoms with Crippen LogP contribution >= 0.6 is 12.2 Å². The molecule has 2 rings (SSSR count). The van der Waals surface area contributed by atoms with Crippen LogP contribution in [0.1, 0.15) is 19.8 Å². The quantitative estimate of drug-likeness (QED) is 0.637. The molecule has 0 bridgehead atoms. The Balaban J connectivity index is 2.01. The predicted octanol–water partition coefficient (Wildman–Crippen LogP) is 2.33. The van der Waals surface area contributed by atoms with Crippen LogP contribution in [0.4, 0.5) is 5.69 Å². The Morgan fingerprint density at radius 1 is 1.27 bits per heavy atom. The molecule has 7 heteroatoms. The minimum atomic E-state index is -3.36. The molecule has 0 amide bonds. The van der Waals surface area contributed by atoms with E-state index < -0.39 is 10.0 Å². The van der Waals surface area contributed by atoms with Gasteiger partial charge in [-0.25, -0.2) is 8.42 Å². The highest BCUT2D eigenvalue weighted by molar-refractivity contribution is 7.89. The van der Waals surface area contributed by atoms with Gasteiger partial charge in [0.25, 0.3) is 0 Å². The van der Waals surface area contributed by atoms with Crippen molar-refractivity contribution in [2.24, 2.45) is 0 Å². The van der Waals surface area contributed by atoms with Crippen molar-refractivity contribution in [3.8, 4) is 0 Å². The van der Waals surface area contributed by atoms with Gasteiger partial charge in [-0.15, -0.1) is 0 Å². The molecule has 5 nitrogen and oxygen atoms in total. The van der Waals surface area contributed by atoms with Crippen LogP contribution in [0.2, 0.25) is 0 Å². The molecule has 0 aromatic heterocycles. The Kier molecular flexibility index (Phi) is 5.55. The van der Waals surface area contributed by atoms with E-state index in [1.54, 1.807) is 24.3 Å². The van der Waals surface area contributed by atoms with Gasteiger partial charge in [0, 0.05) is 25.3 Å². The first-order chi connectivity index (χ1) is 10.4. The molecule has 0 spiro atoms. The second-order valence-corrected chi connectivity index (χ2v) is 7.75. The molecular formula is C15H21N3O2S2. The largest absolute Gasteiger partial charge is 0.359 e. The maximum Gasteiger partial charge on any atom is 0.243 e. The molecule has 1 saturated heterocycles. The molecule has 0 radical (unpaired) electrons. The molecule has 1 aliphatic rings. The Morgan fingerprint density at radius 2 is 1.86 bits per heavy atom. The van der Waals surface area contributed by atoms with Gasteiger partial charge in [-0.2, -0.15) is 4.31 Å². The Morgan fingerprint density at radius 3 is 2.41 bits per heavy atom. The van der Waals surface area contributed by atoms with E-state index in [0.717, 1.165) is 24.1 Å². The lowest BCUT2D eigenvalue weighted by molar-refractivity contribution is 0.477. The molecule has 120 valence electrons. The van der Waals surface area contributed by atoms with Crippen LogP contribution in [0.3, 0.4) is 0 Å². The average Bonchev–Trinajstić information content (AvgIpc) is 3.00. The normalized spacial score (nSPS) is 15.5. The summed E-state index contributed by atoms with van der Waals surface area (Å²) in [6.45, 7) is 7.52. The fourth-order valence-corrected chi connectivity index (χ4v) is 3.90. The van der Waals surface area contributed by atoms with E-state index in [9.17, 15) is 8.42 Å². The zero-order valence-electron chi connectivity index (χ0n) is 12.6. The zero-order valence-corrected chi connectivity index (χ0v) is 14.3. The van der Waals surface area contributed by atoms with Crippen molar-refractivity contribution in [1.29, 1.82) is 0 Å². The third kappa shape index (κ3) is 4.28. The minimum absolute atomic E-state index is 0.320. The summed E-state index contributed by atoms with van der Waals surface area (Å²) in [7, 11) is -3.36. The number of benzene rings is 1. The van der Waals surface area contributed by atoms with Crippen molar-refractivity contribution in [2.45, 2.75) is 24.7 Å². The molecule has 2 N–H and O–H groups in total. The molecule has 22 heavy (non-hydrogen) atoms. The van der Waals surface area contributed by atoms with Gasteiger partial charge < -0.3 is 10.6 Å². The molecule has 1 fully saturated rings. The first kappa shape index (κ1) is 16.9. The van der Waals surface area contributed by atoms with Crippen molar-refractivity contribution in [3.63, 3.8) is 0 Å². The summed E-state index contributed by atoms with van der Waals surface area (Å²) in [5.74, 6) is 0. The summed E-state index contributed by atoms with van der Waals surface area (Å²) in [5, 5.41) is 6.52. The van der Waals surface area contributed by atoms with Gasteiger partial charge in [0.15, 0.2) is 5.11 Å². The highest BCUT2D eigenvalue weighted by Gasteiger charge is 2.26. The van der Waals surface area contributed by atoms with Crippen LogP contribution in [0, 0.1) is 0 Å². The van der Waals surface area contributed by atoms with Gasteiger partial charge in [-0.3, -0.25) is 0 Å². The zero-order chi connectivity index (χ0) is 16.2. The number of nitrogens with zero attached hydrogens (tertiary/aromatic N) is 1. The number of hydrogen-bond acceptors (Lipinski definition) is 3. The second-order valence-electron chi connectivity index (χ2n) is 5.40. The first-order valence-corrected chi connectivity index (χ1v) is 9.04. The van der Waals surface area contributed by atoms with Crippen LogP contribution in [0.25, 0.3) is 0 Å². The summed E-state index contributed by atoms with van der Waals surface area (Å²) in [4.78, 5) is 0.320. The van der Waals surface area contributed by atoms with Crippen molar-refractivity contribution in [2.75, 3.05) is 25.0 Å². The highest BCUT2D eigenvalue weighted by atomic mass is 32.2. The molecule has 1 aromatic rings. The maximum atomic E-state index is 12.4. The van der Waals surface area contributed by atoms with Gasteiger partial charge >= 0.3 is 0 Å². The van der Waals surface area contributed by atoms with Gasteiger partial charge in [0.05, 0.1) is 4.90 Å².